The first-order valence-electron chi connectivity index (χ1n) is 10.7. The van der Waals surface area contributed by atoms with E-state index in [9.17, 15) is 39.9 Å². The minimum absolute atomic E-state index is 0.00625. The molecule has 3 aliphatic rings. The summed E-state index contributed by atoms with van der Waals surface area (Å²) in [6.45, 7) is 0. The van der Waals surface area contributed by atoms with E-state index in [-0.39, 0.29) is 17.7 Å². The highest BCUT2D eigenvalue weighted by molar-refractivity contribution is 14.1. The smallest absolute Gasteiger partial charge is 0.255 e. The number of nitrogens with two attached hydrogens (primary N) is 1. The number of Topliss-reactive ketones (excluding diaryl/α,β-unsaturated/α-hetero) is 2. The molecule has 1 aromatic carbocycles. The Labute approximate surface area is 214 Å². The predicted octanol–water partition coefficient (Wildman–Crippen LogP) is -0.238. The number of phenols is 1. The fourth-order valence-electron chi connectivity index (χ4n) is 5.68. The molecule has 5 atom stereocenters. The number of ketones is 2. The number of primary amides is 1. The van der Waals surface area contributed by atoms with Gasteiger partial charge >= 0.3 is 0 Å². The lowest BCUT2D eigenvalue weighted by Crippen LogP contribution is -2.68. The van der Waals surface area contributed by atoms with Crippen LogP contribution in [0.4, 0.5) is 5.69 Å². The molecule has 0 radical (unpaired) electrons. The number of benzene rings is 1. The first kappa shape index (κ1) is 25.4. The van der Waals surface area contributed by atoms with Gasteiger partial charge in [0.2, 0.25) is 5.78 Å². The summed E-state index contributed by atoms with van der Waals surface area (Å²) in [6, 6.07) is 0.400. The van der Waals surface area contributed by atoms with Gasteiger partial charge in [0.1, 0.15) is 22.8 Å². The molecular weight excluding hydrogens is 573 g/mol. The van der Waals surface area contributed by atoms with Crippen LogP contribution in [-0.2, 0) is 16.0 Å². The van der Waals surface area contributed by atoms with Crippen LogP contribution in [0.25, 0.3) is 0 Å². The second kappa shape index (κ2) is 8.18. The average molecular weight is 599 g/mol. The van der Waals surface area contributed by atoms with Crippen molar-refractivity contribution in [2.75, 3.05) is 33.1 Å². The summed E-state index contributed by atoms with van der Waals surface area (Å²) in [5, 5.41) is 55.9. The van der Waals surface area contributed by atoms with Gasteiger partial charge in [-0.2, -0.15) is 0 Å². The number of aromatic hydroxyl groups is 1. The van der Waals surface area contributed by atoms with Crippen LogP contribution in [0.3, 0.4) is 0 Å². The molecule has 0 heterocycles. The number of likely N-dealkylation sites (N-methyl/N-ethyl adjacent to an activating group) is 1. The summed E-state index contributed by atoms with van der Waals surface area (Å²) < 4.78 is 0.371. The Kier molecular flexibility index (Phi) is 5.94. The molecule has 0 spiro atoms. The maximum absolute atomic E-state index is 13.7. The second-order valence-corrected chi connectivity index (χ2v) is 10.7. The number of hydrogen-bond donors (Lipinski definition) is 6. The van der Waals surface area contributed by atoms with Crippen LogP contribution >= 0.6 is 22.6 Å². The van der Waals surface area contributed by atoms with Crippen molar-refractivity contribution < 1.29 is 39.9 Å². The number of fused-ring (bicyclic) bond motifs is 3. The quantitative estimate of drug-likeness (QED) is 0.200. The minimum Gasteiger partial charge on any atom is -0.510 e. The third-order valence-corrected chi connectivity index (χ3v) is 8.04. The van der Waals surface area contributed by atoms with Crippen LogP contribution in [0, 0.1) is 15.4 Å². The van der Waals surface area contributed by atoms with E-state index in [2.05, 4.69) is 0 Å². The Morgan fingerprint density at radius 2 is 1.77 bits per heavy atom. The SMILES string of the molecule is CN(C)c1cc(I)c(O)c2c1CC1C(=C(O)[C@]3(O)C(=O)C(C(N)=O)=C(O)C(N(C)C)C3C1O)C2=O. The van der Waals surface area contributed by atoms with Crippen molar-refractivity contribution in [2.45, 2.75) is 24.2 Å². The minimum atomic E-state index is -2.91. The molecule has 12 heteroatoms. The zero-order valence-electron chi connectivity index (χ0n) is 19.4. The van der Waals surface area contributed by atoms with Crippen molar-refractivity contribution in [3.05, 3.63) is 43.4 Å². The van der Waals surface area contributed by atoms with Crippen molar-refractivity contribution >= 4 is 45.8 Å². The predicted molar refractivity (Wildman–Crippen MR) is 132 cm³/mol. The summed E-state index contributed by atoms with van der Waals surface area (Å²) in [4.78, 5) is 42.1. The van der Waals surface area contributed by atoms with Crippen molar-refractivity contribution in [1.82, 2.24) is 4.90 Å². The van der Waals surface area contributed by atoms with Gasteiger partial charge in [0.25, 0.3) is 5.91 Å². The van der Waals surface area contributed by atoms with Crippen LogP contribution in [0.15, 0.2) is 28.7 Å². The Morgan fingerprint density at radius 3 is 2.29 bits per heavy atom. The number of aliphatic hydroxyl groups excluding tert-OH is 3. The van der Waals surface area contributed by atoms with Gasteiger partial charge in [0.15, 0.2) is 11.4 Å². The lowest BCUT2D eigenvalue weighted by molar-refractivity contribution is -0.161. The molecule has 4 rings (SSSR count). The van der Waals surface area contributed by atoms with Gasteiger partial charge in [-0.15, -0.1) is 0 Å². The highest BCUT2D eigenvalue weighted by atomic mass is 127. The number of amides is 1. The summed E-state index contributed by atoms with van der Waals surface area (Å²) in [7, 11) is 6.48. The van der Waals surface area contributed by atoms with E-state index in [0.717, 1.165) is 0 Å². The lowest BCUT2D eigenvalue weighted by Gasteiger charge is -2.52. The van der Waals surface area contributed by atoms with E-state index in [1.54, 1.807) is 25.1 Å². The molecule has 0 bridgehead atoms. The number of hydrogen-bond acceptors (Lipinski definition) is 10. The fourth-order valence-corrected chi connectivity index (χ4v) is 6.24. The Hall–Kier alpha value is -2.68. The maximum atomic E-state index is 13.7. The van der Waals surface area contributed by atoms with E-state index >= 15 is 0 Å². The van der Waals surface area contributed by atoms with E-state index in [0.29, 0.717) is 14.8 Å². The van der Waals surface area contributed by atoms with Crippen molar-refractivity contribution in [3.8, 4) is 5.75 Å². The Bertz CT molecular complexity index is 1250. The number of halogens is 1. The molecule has 4 unspecified atom stereocenters. The van der Waals surface area contributed by atoms with Gasteiger partial charge in [-0.05, 0) is 54.7 Å². The van der Waals surface area contributed by atoms with Crippen molar-refractivity contribution in [3.63, 3.8) is 0 Å². The number of carbonyl (C=O) groups excluding carboxylic acids is 3. The lowest BCUT2D eigenvalue weighted by atomic mass is 9.57. The van der Waals surface area contributed by atoms with Gasteiger partial charge in [0.05, 0.1) is 27.2 Å². The van der Waals surface area contributed by atoms with Gasteiger partial charge in [-0.25, -0.2) is 0 Å². The zero-order chi connectivity index (χ0) is 26.3. The third kappa shape index (κ3) is 3.23. The number of carbonyl (C=O) groups is 3. The molecule has 0 saturated carbocycles. The van der Waals surface area contributed by atoms with E-state index in [1.807, 2.05) is 22.6 Å². The fraction of sp³-hybridized carbons (Fsp3) is 0.435. The highest BCUT2D eigenvalue weighted by Gasteiger charge is 2.66. The van der Waals surface area contributed by atoms with E-state index < -0.39 is 69.7 Å². The summed E-state index contributed by atoms with van der Waals surface area (Å²) in [5.41, 5.74) is 1.99. The van der Waals surface area contributed by atoms with Crippen LogP contribution < -0.4 is 10.6 Å². The monoisotopic (exact) mass is 599 g/mol. The second-order valence-electron chi connectivity index (χ2n) is 9.52. The average Bonchev–Trinajstić information content (AvgIpc) is 2.75. The first-order chi connectivity index (χ1) is 16.2. The van der Waals surface area contributed by atoms with Gasteiger partial charge in [-0.3, -0.25) is 19.3 Å². The Morgan fingerprint density at radius 1 is 1.17 bits per heavy atom. The first-order valence-corrected chi connectivity index (χ1v) is 11.8. The number of nitrogens with zero attached hydrogens (tertiary/aromatic N) is 2. The van der Waals surface area contributed by atoms with Gasteiger partial charge in [-0.1, -0.05) is 0 Å². The standard InChI is InChI=1S/C23H26IN3O8/c1-26(2)10-6-9(24)17(29)11-7(10)5-8-12(18(11)30)20(32)23(35)14(16(8)28)15(27(3)4)19(31)13(21(23)33)22(25)34/h6,8,14-16,28-29,31-32,35H,5H2,1-4H3,(H2,25,34)/t8?,14?,15?,16?,23-/m0/s1. The van der Waals surface area contributed by atoms with Crippen molar-refractivity contribution in [1.29, 1.82) is 0 Å². The molecule has 3 aliphatic carbocycles. The molecule has 0 fully saturated rings. The number of rotatable bonds is 3. The molecule has 1 amide bonds. The summed E-state index contributed by atoms with van der Waals surface area (Å²) >= 11 is 1.86. The van der Waals surface area contributed by atoms with Crippen LogP contribution in [-0.4, -0.2) is 93.8 Å². The molecule has 0 aliphatic heterocycles. The van der Waals surface area contributed by atoms with Crippen LogP contribution in [0.1, 0.15) is 15.9 Å². The van der Waals surface area contributed by atoms with E-state index in [4.69, 9.17) is 5.73 Å². The van der Waals surface area contributed by atoms with Crippen molar-refractivity contribution in [2.24, 2.45) is 17.6 Å². The largest absolute Gasteiger partial charge is 0.510 e. The van der Waals surface area contributed by atoms with Gasteiger partial charge < -0.3 is 36.2 Å². The number of aliphatic hydroxyl groups is 4. The Balaban J connectivity index is 2.05. The zero-order valence-corrected chi connectivity index (χ0v) is 21.6. The molecule has 188 valence electrons. The molecule has 11 nitrogen and oxygen atoms in total. The normalized spacial score (nSPS) is 30.3. The molecule has 1 aromatic rings. The molecule has 0 aromatic heterocycles. The van der Waals surface area contributed by atoms with Crippen LogP contribution in [0.2, 0.25) is 0 Å². The molecular formula is C23H26IN3O8. The summed E-state index contributed by atoms with van der Waals surface area (Å²) in [6.07, 6.45) is -1.61. The molecule has 35 heavy (non-hydrogen) atoms. The van der Waals surface area contributed by atoms with E-state index in [1.165, 1.54) is 19.0 Å². The summed E-state index contributed by atoms with van der Waals surface area (Å²) in [5.74, 6) is -8.28. The third-order valence-electron chi connectivity index (χ3n) is 7.22. The highest BCUT2D eigenvalue weighted by Crippen LogP contribution is 2.53. The molecule has 0 saturated heterocycles. The number of phenolic OH excluding ortho intramolecular Hbond substituents is 1. The van der Waals surface area contributed by atoms with Gasteiger partial charge in [0, 0.05) is 31.3 Å². The molecule has 7 N–H and O–H groups in total. The number of anilines is 1. The maximum Gasteiger partial charge on any atom is 0.255 e. The van der Waals surface area contributed by atoms with Crippen LogP contribution in [0.5, 0.6) is 5.75 Å². The topological polar surface area (TPSA) is 185 Å².